The molecule has 1 aliphatic rings. The highest BCUT2D eigenvalue weighted by molar-refractivity contribution is 9.10. The van der Waals surface area contributed by atoms with E-state index in [0.717, 1.165) is 5.56 Å². The van der Waals surface area contributed by atoms with Gasteiger partial charge in [-0.05, 0) is 76.8 Å². The molecule has 0 radical (unpaired) electrons. The lowest BCUT2D eigenvalue weighted by Crippen LogP contribution is -2.29. The van der Waals surface area contributed by atoms with E-state index in [2.05, 4.69) is 15.9 Å². The molecule has 1 N–H and O–H groups in total. The molecule has 0 aliphatic carbocycles. The smallest absolute Gasteiger partial charge is 0.338 e. The summed E-state index contributed by atoms with van der Waals surface area (Å²) in [4.78, 5) is 40.5. The lowest BCUT2D eigenvalue weighted by molar-refractivity contribution is -0.132. The molecule has 1 fully saturated rings. The van der Waals surface area contributed by atoms with Crippen molar-refractivity contribution in [2.45, 2.75) is 26.8 Å². The van der Waals surface area contributed by atoms with Gasteiger partial charge in [-0.1, -0.05) is 43.7 Å². The molecule has 3 aromatic rings. The molecule has 8 heteroatoms. The fraction of sp³-hybridized carbons (Fsp3) is 0.233. The molecule has 0 spiro atoms. The number of methoxy groups -OCH3 is 1. The van der Waals surface area contributed by atoms with Gasteiger partial charge in [0.2, 0.25) is 0 Å². The third-order valence-corrected chi connectivity index (χ3v) is 6.78. The maximum Gasteiger partial charge on any atom is 0.338 e. The Kier molecular flexibility index (Phi) is 8.02. The second-order valence-electron chi connectivity index (χ2n) is 9.47. The predicted octanol–water partition coefficient (Wildman–Crippen LogP) is 6.21. The minimum absolute atomic E-state index is 0.0295. The van der Waals surface area contributed by atoms with Gasteiger partial charge in [0, 0.05) is 11.3 Å². The Hall–Kier alpha value is -3.91. The van der Waals surface area contributed by atoms with E-state index >= 15 is 0 Å². The fourth-order valence-corrected chi connectivity index (χ4v) is 4.85. The normalized spacial score (nSPS) is 16.7. The molecule has 1 saturated heterocycles. The fourth-order valence-electron chi connectivity index (χ4n) is 4.31. The van der Waals surface area contributed by atoms with Crippen molar-refractivity contribution in [2.24, 2.45) is 5.92 Å². The van der Waals surface area contributed by atoms with E-state index < -0.39 is 23.7 Å². The predicted molar refractivity (Wildman–Crippen MR) is 148 cm³/mol. The van der Waals surface area contributed by atoms with Gasteiger partial charge in [0.15, 0.2) is 0 Å². The van der Waals surface area contributed by atoms with Gasteiger partial charge in [0.25, 0.3) is 11.7 Å². The first-order valence-corrected chi connectivity index (χ1v) is 12.9. The van der Waals surface area contributed by atoms with Crippen LogP contribution in [0.1, 0.15) is 46.9 Å². The first kappa shape index (κ1) is 27.1. The van der Waals surface area contributed by atoms with Crippen molar-refractivity contribution in [1.29, 1.82) is 0 Å². The SMILES string of the molecule is COc1ccc(/C(O)=C2/C(=O)C(=O)N(c3ccc(C(=O)OCC(C)C)cc3)C2c2cccc(C)c2)cc1Br. The van der Waals surface area contributed by atoms with Crippen LogP contribution in [0.4, 0.5) is 5.69 Å². The van der Waals surface area contributed by atoms with Crippen molar-refractivity contribution in [3.8, 4) is 5.75 Å². The zero-order valence-corrected chi connectivity index (χ0v) is 23.1. The Morgan fingerprint density at radius 1 is 1.03 bits per heavy atom. The molecule has 196 valence electrons. The van der Waals surface area contributed by atoms with Crippen LogP contribution in [0, 0.1) is 12.8 Å². The van der Waals surface area contributed by atoms with Crippen LogP contribution in [-0.4, -0.2) is 36.5 Å². The number of aryl methyl sites for hydroxylation is 1. The maximum atomic E-state index is 13.4. The Bertz CT molecular complexity index is 1430. The second kappa shape index (κ2) is 11.2. The van der Waals surface area contributed by atoms with Gasteiger partial charge in [-0.3, -0.25) is 14.5 Å². The molecule has 3 aromatic carbocycles. The number of anilines is 1. The number of hydrogen-bond acceptors (Lipinski definition) is 6. The van der Waals surface area contributed by atoms with E-state index in [0.29, 0.717) is 39.2 Å². The summed E-state index contributed by atoms with van der Waals surface area (Å²) < 4.78 is 11.2. The summed E-state index contributed by atoms with van der Waals surface area (Å²) in [6.07, 6.45) is 0. The summed E-state index contributed by atoms with van der Waals surface area (Å²) in [7, 11) is 1.53. The Morgan fingerprint density at radius 3 is 2.32 bits per heavy atom. The average molecular weight is 578 g/mol. The first-order chi connectivity index (χ1) is 18.1. The molecule has 0 bridgehead atoms. The van der Waals surface area contributed by atoms with Crippen LogP contribution in [0.25, 0.3) is 5.76 Å². The van der Waals surface area contributed by atoms with Crippen LogP contribution in [0.15, 0.2) is 76.8 Å². The monoisotopic (exact) mass is 577 g/mol. The molecule has 7 nitrogen and oxygen atoms in total. The van der Waals surface area contributed by atoms with Crippen LogP contribution >= 0.6 is 15.9 Å². The highest BCUT2D eigenvalue weighted by Gasteiger charge is 2.47. The molecule has 0 saturated carbocycles. The van der Waals surface area contributed by atoms with E-state index in [-0.39, 0.29) is 17.3 Å². The lowest BCUT2D eigenvalue weighted by Gasteiger charge is -2.26. The number of carbonyl (C=O) groups is 3. The summed E-state index contributed by atoms with van der Waals surface area (Å²) in [6.45, 7) is 6.10. The number of ether oxygens (including phenoxy) is 2. The number of benzene rings is 3. The van der Waals surface area contributed by atoms with E-state index in [1.165, 1.54) is 12.0 Å². The first-order valence-electron chi connectivity index (χ1n) is 12.1. The lowest BCUT2D eigenvalue weighted by atomic mass is 9.94. The summed E-state index contributed by atoms with van der Waals surface area (Å²) in [6, 6.07) is 17.8. The maximum absolute atomic E-state index is 13.4. The molecule has 1 heterocycles. The van der Waals surface area contributed by atoms with Crippen LogP contribution in [0.5, 0.6) is 5.75 Å². The largest absolute Gasteiger partial charge is 0.507 e. The number of ketones is 1. The minimum atomic E-state index is -0.880. The van der Waals surface area contributed by atoms with Crippen molar-refractivity contribution >= 4 is 45.0 Å². The van der Waals surface area contributed by atoms with Crippen molar-refractivity contribution in [2.75, 3.05) is 18.6 Å². The summed E-state index contributed by atoms with van der Waals surface area (Å²) in [5.41, 5.74) is 2.67. The number of nitrogens with zero attached hydrogens (tertiary/aromatic N) is 1. The van der Waals surface area contributed by atoms with Crippen molar-refractivity contribution in [3.63, 3.8) is 0 Å². The van der Waals surface area contributed by atoms with E-state index in [4.69, 9.17) is 9.47 Å². The molecule has 1 atom stereocenters. The summed E-state index contributed by atoms with van der Waals surface area (Å²) in [5, 5.41) is 11.3. The van der Waals surface area contributed by atoms with E-state index in [9.17, 15) is 19.5 Å². The van der Waals surface area contributed by atoms with Crippen molar-refractivity contribution < 1.29 is 29.0 Å². The molecule has 1 amide bonds. The molecule has 1 aliphatic heterocycles. The molecular formula is C30H28BrNO6. The quantitative estimate of drug-likeness (QED) is 0.155. The number of Topliss-reactive ketones (excluding diaryl/α,β-unsaturated/α-hetero) is 1. The van der Waals surface area contributed by atoms with Crippen molar-refractivity contribution in [1.82, 2.24) is 0 Å². The van der Waals surface area contributed by atoms with Crippen LogP contribution in [-0.2, 0) is 14.3 Å². The zero-order chi connectivity index (χ0) is 27.6. The van der Waals surface area contributed by atoms with Crippen LogP contribution in [0.3, 0.4) is 0 Å². The van der Waals surface area contributed by atoms with E-state index in [1.54, 1.807) is 42.5 Å². The van der Waals surface area contributed by atoms with Crippen molar-refractivity contribution in [3.05, 3.63) is 99.0 Å². The van der Waals surface area contributed by atoms with Crippen LogP contribution in [0.2, 0.25) is 0 Å². The third-order valence-electron chi connectivity index (χ3n) is 6.16. The van der Waals surface area contributed by atoms with Gasteiger partial charge in [0.05, 0.1) is 35.4 Å². The summed E-state index contributed by atoms with van der Waals surface area (Å²) >= 11 is 3.41. The van der Waals surface area contributed by atoms with E-state index in [1.807, 2.05) is 45.0 Å². The molecular weight excluding hydrogens is 550 g/mol. The van der Waals surface area contributed by atoms with Crippen LogP contribution < -0.4 is 9.64 Å². The molecule has 0 aromatic heterocycles. The number of amides is 1. The standard InChI is InChI=1S/C30H28BrNO6/c1-17(2)16-38-30(36)19-8-11-22(12-9-19)32-26(20-7-5-6-18(3)14-20)25(28(34)29(32)35)27(33)21-10-13-24(37-4)23(31)15-21/h5-15,17,26,33H,16H2,1-4H3/b27-25-. The van der Waals surface area contributed by atoms with Gasteiger partial charge in [0.1, 0.15) is 11.5 Å². The van der Waals surface area contributed by atoms with Gasteiger partial charge >= 0.3 is 5.97 Å². The molecule has 1 unspecified atom stereocenters. The number of esters is 1. The molecule has 4 rings (SSSR count). The van der Waals surface area contributed by atoms with Gasteiger partial charge in [-0.25, -0.2) is 4.79 Å². The van der Waals surface area contributed by atoms with Gasteiger partial charge in [-0.15, -0.1) is 0 Å². The minimum Gasteiger partial charge on any atom is -0.507 e. The molecule has 38 heavy (non-hydrogen) atoms. The topological polar surface area (TPSA) is 93.1 Å². The third kappa shape index (κ3) is 5.36. The Balaban J connectivity index is 1.81. The average Bonchev–Trinajstić information content (AvgIpc) is 3.17. The number of aliphatic hydroxyl groups is 1. The Morgan fingerprint density at radius 2 is 1.71 bits per heavy atom. The zero-order valence-electron chi connectivity index (χ0n) is 21.5. The van der Waals surface area contributed by atoms with Gasteiger partial charge in [-0.2, -0.15) is 0 Å². The number of hydrogen-bond donors (Lipinski definition) is 1. The summed E-state index contributed by atoms with van der Waals surface area (Å²) in [5.74, 6) is -1.58. The Labute approximate surface area is 229 Å². The number of rotatable bonds is 7. The highest BCUT2D eigenvalue weighted by atomic mass is 79.9. The number of aliphatic hydroxyl groups excluding tert-OH is 1. The number of carbonyl (C=O) groups excluding carboxylic acids is 3. The highest BCUT2D eigenvalue weighted by Crippen LogP contribution is 2.43. The van der Waals surface area contributed by atoms with Gasteiger partial charge < -0.3 is 14.6 Å². The number of halogens is 1. The second-order valence-corrected chi connectivity index (χ2v) is 10.3.